The molecule has 1 aliphatic rings. The number of aryl methyl sites for hydroxylation is 2. The third-order valence-electron chi connectivity index (χ3n) is 6.49. The fourth-order valence-corrected chi connectivity index (χ4v) is 5.06. The van der Waals surface area contributed by atoms with Gasteiger partial charge in [0.05, 0.1) is 5.69 Å². The molecule has 6 rings (SSSR count). The van der Waals surface area contributed by atoms with E-state index in [4.69, 9.17) is 4.98 Å². The standard InChI is InChI=1S/C29H23N/c1-19-10-12-25-22(16-19)11-13-27-26(25)14-15-30-29(27)23-17-21-8-5-9-24(21)28(18-23)20-6-3-2-4-7-20/h2-4,6-7,10-18H,5,8-9H2,1H3. The first-order valence-corrected chi connectivity index (χ1v) is 10.8. The van der Waals surface area contributed by atoms with Crippen LogP contribution in [0.1, 0.15) is 23.1 Å². The number of hydrogen-bond acceptors (Lipinski definition) is 1. The second-order valence-electron chi connectivity index (χ2n) is 8.43. The molecule has 0 fully saturated rings. The van der Waals surface area contributed by atoms with E-state index in [1.54, 1.807) is 0 Å². The molecule has 0 radical (unpaired) electrons. The van der Waals surface area contributed by atoms with Crippen LogP contribution in [0.3, 0.4) is 0 Å². The summed E-state index contributed by atoms with van der Waals surface area (Å²) in [6.07, 6.45) is 5.54. The van der Waals surface area contributed by atoms with Crippen LogP contribution >= 0.6 is 0 Å². The van der Waals surface area contributed by atoms with Gasteiger partial charge in [-0.05, 0) is 82.8 Å². The molecule has 0 spiro atoms. The average molecular weight is 386 g/mol. The molecule has 144 valence electrons. The highest BCUT2D eigenvalue weighted by molar-refractivity contribution is 6.11. The van der Waals surface area contributed by atoms with Crippen LogP contribution in [0.2, 0.25) is 0 Å². The van der Waals surface area contributed by atoms with Gasteiger partial charge in [0.1, 0.15) is 0 Å². The molecule has 1 aliphatic carbocycles. The molecule has 0 unspecified atom stereocenters. The second kappa shape index (κ2) is 6.81. The van der Waals surface area contributed by atoms with Gasteiger partial charge in [0, 0.05) is 17.1 Å². The largest absolute Gasteiger partial charge is 0.256 e. The summed E-state index contributed by atoms with van der Waals surface area (Å²) in [5, 5.41) is 5.09. The number of rotatable bonds is 2. The average Bonchev–Trinajstić information content (AvgIpc) is 3.27. The van der Waals surface area contributed by atoms with Crippen LogP contribution < -0.4 is 0 Å². The lowest BCUT2D eigenvalue weighted by Crippen LogP contribution is -1.93. The van der Waals surface area contributed by atoms with Crippen LogP contribution in [-0.2, 0) is 12.8 Å². The minimum Gasteiger partial charge on any atom is -0.256 e. The Morgan fingerprint density at radius 1 is 0.700 bits per heavy atom. The van der Waals surface area contributed by atoms with Crippen LogP contribution in [0.5, 0.6) is 0 Å². The summed E-state index contributed by atoms with van der Waals surface area (Å²) < 4.78 is 0. The highest BCUT2D eigenvalue weighted by Gasteiger charge is 2.19. The smallest absolute Gasteiger partial charge is 0.0780 e. The van der Waals surface area contributed by atoms with E-state index in [1.807, 2.05) is 6.20 Å². The second-order valence-corrected chi connectivity index (χ2v) is 8.43. The third kappa shape index (κ3) is 2.74. The van der Waals surface area contributed by atoms with Crippen LogP contribution in [0.4, 0.5) is 0 Å². The van der Waals surface area contributed by atoms with E-state index in [0.29, 0.717) is 0 Å². The zero-order chi connectivity index (χ0) is 20.1. The van der Waals surface area contributed by atoms with Gasteiger partial charge in [-0.1, -0.05) is 66.2 Å². The van der Waals surface area contributed by atoms with Crippen molar-refractivity contribution in [2.45, 2.75) is 26.2 Å². The zero-order valence-electron chi connectivity index (χ0n) is 17.2. The lowest BCUT2D eigenvalue weighted by molar-refractivity contribution is 0.912. The molecule has 1 aromatic heterocycles. The molecule has 0 aliphatic heterocycles. The summed E-state index contributed by atoms with van der Waals surface area (Å²) in [5.74, 6) is 0. The van der Waals surface area contributed by atoms with Crippen molar-refractivity contribution in [3.05, 3.63) is 102 Å². The summed E-state index contributed by atoms with van der Waals surface area (Å²) in [7, 11) is 0. The Bertz CT molecular complexity index is 1410. The topological polar surface area (TPSA) is 12.9 Å². The van der Waals surface area contributed by atoms with Crippen molar-refractivity contribution in [1.29, 1.82) is 0 Å². The van der Waals surface area contributed by atoms with E-state index >= 15 is 0 Å². The molecule has 1 nitrogen and oxygen atoms in total. The van der Waals surface area contributed by atoms with Gasteiger partial charge in [0.2, 0.25) is 0 Å². The summed E-state index contributed by atoms with van der Waals surface area (Å²) in [6.45, 7) is 2.15. The fourth-order valence-electron chi connectivity index (χ4n) is 5.06. The van der Waals surface area contributed by atoms with Crippen molar-refractivity contribution < 1.29 is 0 Å². The molecule has 1 heteroatoms. The molecule has 0 amide bonds. The molecule has 1 heterocycles. The van der Waals surface area contributed by atoms with Gasteiger partial charge in [-0.15, -0.1) is 0 Å². The lowest BCUT2D eigenvalue weighted by atomic mass is 9.91. The maximum absolute atomic E-state index is 4.86. The van der Waals surface area contributed by atoms with Gasteiger partial charge in [-0.2, -0.15) is 0 Å². The Labute approximate surface area is 177 Å². The highest BCUT2D eigenvalue weighted by Crippen LogP contribution is 2.39. The van der Waals surface area contributed by atoms with Gasteiger partial charge < -0.3 is 0 Å². The molecule has 0 saturated carbocycles. The Balaban J connectivity index is 1.62. The molecule has 0 bridgehead atoms. The van der Waals surface area contributed by atoms with Crippen molar-refractivity contribution in [2.24, 2.45) is 0 Å². The van der Waals surface area contributed by atoms with Crippen LogP contribution in [0.15, 0.2) is 85.1 Å². The maximum atomic E-state index is 4.86. The van der Waals surface area contributed by atoms with E-state index in [2.05, 4.69) is 85.8 Å². The molecule has 0 atom stereocenters. The summed E-state index contributed by atoms with van der Waals surface area (Å²) in [5.41, 5.74) is 9.29. The molecule has 0 saturated heterocycles. The molecule has 30 heavy (non-hydrogen) atoms. The van der Waals surface area contributed by atoms with Crippen molar-refractivity contribution >= 4 is 21.5 Å². The SMILES string of the molecule is Cc1ccc2c(ccc3c(-c4cc5c(c(-c6ccccc6)c4)CCC5)nccc32)c1. The van der Waals surface area contributed by atoms with Crippen LogP contribution in [0.25, 0.3) is 43.9 Å². The van der Waals surface area contributed by atoms with E-state index in [0.717, 1.165) is 12.1 Å². The number of aromatic nitrogens is 1. The van der Waals surface area contributed by atoms with E-state index in [-0.39, 0.29) is 0 Å². The zero-order valence-corrected chi connectivity index (χ0v) is 17.2. The Morgan fingerprint density at radius 2 is 1.57 bits per heavy atom. The van der Waals surface area contributed by atoms with Crippen LogP contribution in [-0.4, -0.2) is 4.98 Å². The van der Waals surface area contributed by atoms with Gasteiger partial charge in [-0.25, -0.2) is 0 Å². The van der Waals surface area contributed by atoms with Crippen molar-refractivity contribution in [3.63, 3.8) is 0 Å². The summed E-state index contributed by atoms with van der Waals surface area (Å²) >= 11 is 0. The quantitative estimate of drug-likeness (QED) is 0.286. The Kier molecular flexibility index (Phi) is 3.95. The minimum atomic E-state index is 1.09. The maximum Gasteiger partial charge on any atom is 0.0780 e. The number of pyridine rings is 1. The van der Waals surface area contributed by atoms with Gasteiger partial charge in [-0.3, -0.25) is 4.98 Å². The summed E-state index contributed by atoms with van der Waals surface area (Å²) in [4.78, 5) is 4.86. The number of hydrogen-bond donors (Lipinski definition) is 0. The van der Waals surface area contributed by atoms with E-state index in [9.17, 15) is 0 Å². The normalized spacial score (nSPS) is 13.1. The first kappa shape index (κ1) is 17.4. The van der Waals surface area contributed by atoms with E-state index < -0.39 is 0 Å². The van der Waals surface area contributed by atoms with Crippen LogP contribution in [0, 0.1) is 6.92 Å². The third-order valence-corrected chi connectivity index (χ3v) is 6.49. The first-order chi connectivity index (χ1) is 14.8. The molecular weight excluding hydrogens is 362 g/mol. The molecule has 4 aromatic carbocycles. The predicted molar refractivity (Wildman–Crippen MR) is 127 cm³/mol. The lowest BCUT2D eigenvalue weighted by Gasteiger charge is -2.14. The fraction of sp³-hybridized carbons (Fsp3) is 0.138. The minimum absolute atomic E-state index is 1.09. The highest BCUT2D eigenvalue weighted by atomic mass is 14.7. The van der Waals surface area contributed by atoms with Crippen molar-refractivity contribution in [2.75, 3.05) is 0 Å². The Morgan fingerprint density at radius 3 is 2.47 bits per heavy atom. The van der Waals surface area contributed by atoms with E-state index in [1.165, 1.54) is 67.8 Å². The van der Waals surface area contributed by atoms with Crippen molar-refractivity contribution in [3.8, 4) is 22.4 Å². The molecule has 0 N–H and O–H groups in total. The number of nitrogens with zero attached hydrogens (tertiary/aromatic N) is 1. The first-order valence-electron chi connectivity index (χ1n) is 10.8. The van der Waals surface area contributed by atoms with Gasteiger partial charge in [0.15, 0.2) is 0 Å². The number of fused-ring (bicyclic) bond motifs is 4. The molecule has 5 aromatic rings. The number of benzene rings is 4. The monoisotopic (exact) mass is 385 g/mol. The predicted octanol–water partition coefficient (Wildman–Crippen LogP) is 7.52. The van der Waals surface area contributed by atoms with Crippen molar-refractivity contribution in [1.82, 2.24) is 4.98 Å². The molecular formula is C29H23N. The Hall–Kier alpha value is -3.45. The summed E-state index contributed by atoms with van der Waals surface area (Å²) in [6, 6.07) is 28.9. The van der Waals surface area contributed by atoms with Gasteiger partial charge in [0.25, 0.3) is 0 Å². The van der Waals surface area contributed by atoms with Gasteiger partial charge >= 0.3 is 0 Å².